The molecule has 0 aromatic rings. The van der Waals surface area contributed by atoms with Crippen molar-refractivity contribution in [3.8, 4) is 0 Å². The summed E-state index contributed by atoms with van der Waals surface area (Å²) in [6.45, 7) is 4.15. The Balaban J connectivity index is 1.82. The Morgan fingerprint density at radius 3 is 2.64 bits per heavy atom. The van der Waals surface area contributed by atoms with Crippen LogP contribution < -0.4 is 0 Å². The topological polar surface area (TPSA) is 71.4 Å². The van der Waals surface area contributed by atoms with Crippen molar-refractivity contribution >= 4 is 17.5 Å². The molecule has 148 valence electrons. The highest BCUT2D eigenvalue weighted by Gasteiger charge is 2.66. The zero-order valence-electron chi connectivity index (χ0n) is 16.7. The lowest BCUT2D eigenvalue weighted by Gasteiger charge is -2.58. The summed E-state index contributed by atoms with van der Waals surface area (Å²) in [6, 6.07) is 0. The van der Waals surface area contributed by atoms with Gasteiger partial charge in [0.25, 0.3) is 0 Å². The Labute approximate surface area is 165 Å². The summed E-state index contributed by atoms with van der Waals surface area (Å²) >= 11 is 0. The van der Waals surface area contributed by atoms with Gasteiger partial charge in [0.15, 0.2) is 11.6 Å². The van der Waals surface area contributed by atoms with Crippen LogP contribution in [0.1, 0.15) is 65.2 Å². The van der Waals surface area contributed by atoms with Gasteiger partial charge in [-0.1, -0.05) is 32.8 Å². The molecule has 0 aromatic heterocycles. The zero-order valence-corrected chi connectivity index (χ0v) is 16.7. The number of carboxylic acid groups (broad SMARTS) is 1. The molecule has 5 atom stereocenters. The lowest BCUT2D eigenvalue weighted by atomic mass is 9.43. The third-order valence-electron chi connectivity index (χ3n) is 8.17. The van der Waals surface area contributed by atoms with Gasteiger partial charge in [0.05, 0.1) is 5.41 Å². The smallest absolute Gasteiger partial charge is 0.332 e. The predicted octanol–water partition coefficient (Wildman–Crippen LogP) is 4.41. The summed E-state index contributed by atoms with van der Waals surface area (Å²) in [5.74, 6) is -0.398. The second kappa shape index (κ2) is 6.01. The molecule has 6 aliphatic rings. The van der Waals surface area contributed by atoms with Crippen LogP contribution in [0.4, 0.5) is 0 Å². The largest absolute Gasteiger partial charge is 0.478 e. The number of allylic oxidation sites excluding steroid dienone is 5. The summed E-state index contributed by atoms with van der Waals surface area (Å²) < 4.78 is 0. The molecule has 0 heterocycles. The van der Waals surface area contributed by atoms with Gasteiger partial charge < -0.3 is 5.11 Å². The van der Waals surface area contributed by atoms with Crippen LogP contribution in [0.25, 0.3) is 0 Å². The van der Waals surface area contributed by atoms with Gasteiger partial charge in [-0.05, 0) is 67.1 Å². The van der Waals surface area contributed by atoms with Crippen LogP contribution in [-0.2, 0) is 14.4 Å². The van der Waals surface area contributed by atoms with E-state index in [-0.39, 0.29) is 29.3 Å². The number of rotatable bonds is 5. The monoisotopic (exact) mass is 380 g/mol. The highest BCUT2D eigenvalue weighted by atomic mass is 16.4. The number of hydrogen-bond donors (Lipinski definition) is 1. The molecule has 0 amide bonds. The van der Waals surface area contributed by atoms with Crippen molar-refractivity contribution in [1.29, 1.82) is 0 Å². The van der Waals surface area contributed by atoms with E-state index >= 15 is 0 Å². The highest BCUT2D eigenvalue weighted by molar-refractivity contribution is 6.15. The molecular weight excluding hydrogens is 352 g/mol. The standard InChI is InChI=1S/C24H28O4/c1-3-5-14-18-16(6-4-2)22(26)24-10-9-12(11-17(24)23(27)28)13-7-8-15(21(14)25)19(18)20(13)24/h11-14,20H,3-10H2,1-2H3,(H,27,28)/t12-,13+,14-,20-,24-/m1/s1. The van der Waals surface area contributed by atoms with E-state index < -0.39 is 11.4 Å². The van der Waals surface area contributed by atoms with Gasteiger partial charge in [-0.15, -0.1) is 0 Å². The Kier molecular flexibility index (Phi) is 3.88. The van der Waals surface area contributed by atoms with Crippen LogP contribution >= 0.6 is 0 Å². The Hall–Kier alpha value is -1.97. The van der Waals surface area contributed by atoms with Crippen molar-refractivity contribution < 1.29 is 19.5 Å². The average Bonchev–Trinajstić information content (AvgIpc) is 2.98. The van der Waals surface area contributed by atoms with Gasteiger partial charge in [0.1, 0.15) is 0 Å². The number of carbonyl (C=O) groups is 3. The second-order valence-electron chi connectivity index (χ2n) is 9.31. The fraction of sp³-hybridized carbons (Fsp3) is 0.625. The number of fused-ring (bicyclic) bond motifs is 1. The van der Waals surface area contributed by atoms with Crippen LogP contribution in [0.3, 0.4) is 0 Å². The summed E-state index contributed by atoms with van der Waals surface area (Å²) in [7, 11) is 0. The number of carboxylic acids is 1. The minimum atomic E-state index is -0.946. The van der Waals surface area contributed by atoms with E-state index in [1.165, 1.54) is 0 Å². The Morgan fingerprint density at radius 2 is 1.96 bits per heavy atom. The molecule has 4 nitrogen and oxygen atoms in total. The number of Topliss-reactive ketones (excluding diaryl/α,β-unsaturated/α-hetero) is 2. The molecule has 0 unspecified atom stereocenters. The number of aliphatic carboxylic acids is 1. The molecule has 4 heteroatoms. The molecule has 0 saturated heterocycles. The lowest BCUT2D eigenvalue weighted by Crippen LogP contribution is -2.58. The van der Waals surface area contributed by atoms with Crippen LogP contribution in [0.15, 0.2) is 33.9 Å². The third kappa shape index (κ3) is 1.94. The van der Waals surface area contributed by atoms with Crippen molar-refractivity contribution in [3.63, 3.8) is 0 Å². The van der Waals surface area contributed by atoms with Crippen molar-refractivity contribution in [1.82, 2.24) is 0 Å². The quantitative estimate of drug-likeness (QED) is 0.767. The van der Waals surface area contributed by atoms with Crippen LogP contribution in [0.2, 0.25) is 0 Å². The summed E-state index contributed by atoms with van der Waals surface area (Å²) in [5, 5.41) is 10.0. The van der Waals surface area contributed by atoms with E-state index in [0.717, 1.165) is 60.8 Å². The highest BCUT2D eigenvalue weighted by Crippen LogP contribution is 2.68. The second-order valence-corrected chi connectivity index (χ2v) is 9.31. The van der Waals surface area contributed by atoms with Gasteiger partial charge in [-0.2, -0.15) is 0 Å². The minimum Gasteiger partial charge on any atom is -0.478 e. The van der Waals surface area contributed by atoms with E-state index in [0.29, 0.717) is 24.3 Å². The Bertz CT molecular complexity index is 902. The molecule has 0 aromatic carbocycles. The maximum atomic E-state index is 14.0. The number of ketones is 2. The fourth-order valence-corrected chi connectivity index (χ4v) is 7.30. The van der Waals surface area contributed by atoms with Crippen molar-refractivity contribution in [2.24, 2.45) is 29.1 Å². The van der Waals surface area contributed by atoms with Crippen molar-refractivity contribution in [2.75, 3.05) is 0 Å². The van der Waals surface area contributed by atoms with Gasteiger partial charge in [0.2, 0.25) is 0 Å². The van der Waals surface area contributed by atoms with Gasteiger partial charge in [-0.3, -0.25) is 9.59 Å². The van der Waals surface area contributed by atoms with Gasteiger partial charge >= 0.3 is 5.97 Å². The van der Waals surface area contributed by atoms with Crippen LogP contribution in [0, 0.1) is 29.1 Å². The average molecular weight is 380 g/mol. The maximum Gasteiger partial charge on any atom is 0.332 e. The first kappa shape index (κ1) is 18.1. The van der Waals surface area contributed by atoms with E-state index in [1.54, 1.807) is 0 Å². The normalized spacial score (nSPS) is 38.1. The number of carbonyl (C=O) groups excluding carboxylic acids is 2. The number of hydrogen-bond acceptors (Lipinski definition) is 3. The first-order valence-electron chi connectivity index (χ1n) is 11.0. The molecule has 0 aliphatic heterocycles. The van der Waals surface area contributed by atoms with Gasteiger partial charge in [0, 0.05) is 23.0 Å². The third-order valence-corrected chi connectivity index (χ3v) is 8.17. The molecule has 0 radical (unpaired) electrons. The molecule has 1 N–H and O–H groups in total. The maximum absolute atomic E-state index is 14.0. The van der Waals surface area contributed by atoms with E-state index in [2.05, 4.69) is 13.8 Å². The van der Waals surface area contributed by atoms with Gasteiger partial charge in [-0.25, -0.2) is 4.79 Å². The molecule has 2 bridgehead atoms. The summed E-state index contributed by atoms with van der Waals surface area (Å²) in [5.41, 5.74) is 3.27. The van der Waals surface area contributed by atoms with E-state index in [4.69, 9.17) is 0 Å². The van der Waals surface area contributed by atoms with E-state index in [1.807, 2.05) is 6.08 Å². The lowest BCUT2D eigenvalue weighted by molar-refractivity contribution is -0.142. The molecule has 28 heavy (non-hydrogen) atoms. The SMILES string of the molecule is CCCC1=C2C3=C(CC[C@H]4[C@H]5C=C(C(=O)O)[C@@](CC5)(C1=O)[C@@H]34)C(=O)[C@@H]2CCC. The molecule has 6 aliphatic carbocycles. The summed E-state index contributed by atoms with van der Waals surface area (Å²) in [4.78, 5) is 39.6. The fourth-order valence-electron chi connectivity index (χ4n) is 7.30. The molecule has 1 fully saturated rings. The summed E-state index contributed by atoms with van der Waals surface area (Å²) in [6.07, 6.45) is 8.32. The van der Waals surface area contributed by atoms with Crippen LogP contribution in [-0.4, -0.2) is 22.6 Å². The van der Waals surface area contributed by atoms with E-state index in [9.17, 15) is 19.5 Å². The first-order valence-corrected chi connectivity index (χ1v) is 11.0. The Morgan fingerprint density at radius 1 is 1.18 bits per heavy atom. The zero-order chi connectivity index (χ0) is 19.8. The molecule has 6 rings (SSSR count). The van der Waals surface area contributed by atoms with Crippen LogP contribution in [0.5, 0.6) is 0 Å². The molecule has 1 spiro atoms. The van der Waals surface area contributed by atoms with Crippen molar-refractivity contribution in [2.45, 2.75) is 65.2 Å². The predicted molar refractivity (Wildman–Crippen MR) is 104 cm³/mol. The molecule has 1 saturated carbocycles. The van der Waals surface area contributed by atoms with Crippen molar-refractivity contribution in [3.05, 3.63) is 33.9 Å². The first-order chi connectivity index (χ1) is 13.5. The molecular formula is C24H28O4. The minimum absolute atomic E-state index is 0.0342.